The van der Waals surface area contributed by atoms with Crippen molar-refractivity contribution in [3.05, 3.63) is 0 Å². The van der Waals surface area contributed by atoms with Gasteiger partial charge in [0.05, 0.1) is 13.2 Å². The molecule has 3 N–H and O–H groups in total. The summed E-state index contributed by atoms with van der Waals surface area (Å²) < 4.78 is 9.77. The third-order valence-corrected chi connectivity index (χ3v) is 1.43. The number of nitrogens with one attached hydrogen (secondary N) is 1. The molecule has 1 atom stereocenters. The number of hydrogen-bond acceptors (Lipinski definition) is 4. The third-order valence-electron chi connectivity index (χ3n) is 1.43. The van der Waals surface area contributed by atoms with Crippen LogP contribution in [0, 0.1) is 0 Å². The molecule has 0 fully saturated rings. The monoisotopic (exact) mass is 190 g/mol. The van der Waals surface area contributed by atoms with Gasteiger partial charge >= 0.3 is 0 Å². The van der Waals surface area contributed by atoms with Crippen molar-refractivity contribution in [2.45, 2.75) is 13.0 Å². The van der Waals surface area contributed by atoms with Crippen molar-refractivity contribution in [1.82, 2.24) is 5.32 Å². The number of carbonyl (C=O) groups is 1. The van der Waals surface area contributed by atoms with Gasteiger partial charge in [0.15, 0.2) is 0 Å². The highest BCUT2D eigenvalue weighted by atomic mass is 16.5. The van der Waals surface area contributed by atoms with Gasteiger partial charge < -0.3 is 20.5 Å². The van der Waals surface area contributed by atoms with E-state index in [2.05, 4.69) is 5.32 Å². The lowest BCUT2D eigenvalue weighted by atomic mass is 10.3. The van der Waals surface area contributed by atoms with Gasteiger partial charge in [0.25, 0.3) is 0 Å². The van der Waals surface area contributed by atoms with E-state index in [0.29, 0.717) is 19.8 Å². The molecule has 0 heterocycles. The van der Waals surface area contributed by atoms with Crippen molar-refractivity contribution >= 4 is 5.91 Å². The van der Waals surface area contributed by atoms with Gasteiger partial charge in [-0.25, -0.2) is 0 Å². The summed E-state index contributed by atoms with van der Waals surface area (Å²) in [7, 11) is 1.51. The lowest BCUT2D eigenvalue weighted by Crippen LogP contribution is -2.44. The van der Waals surface area contributed by atoms with Crippen LogP contribution in [-0.2, 0) is 14.3 Å². The molecule has 0 aromatic rings. The zero-order valence-electron chi connectivity index (χ0n) is 8.21. The van der Waals surface area contributed by atoms with Crippen LogP contribution in [0.5, 0.6) is 0 Å². The fourth-order valence-electron chi connectivity index (χ4n) is 0.777. The Morgan fingerprint density at radius 1 is 1.62 bits per heavy atom. The average molecular weight is 190 g/mol. The molecule has 13 heavy (non-hydrogen) atoms. The molecular weight excluding hydrogens is 172 g/mol. The fraction of sp³-hybridized carbons (Fsp3) is 0.875. The van der Waals surface area contributed by atoms with Crippen LogP contribution >= 0.6 is 0 Å². The molecule has 1 amide bonds. The van der Waals surface area contributed by atoms with Crippen LogP contribution in [0.2, 0.25) is 0 Å². The second kappa shape index (κ2) is 7.97. The first-order valence-corrected chi connectivity index (χ1v) is 4.32. The Labute approximate surface area is 78.6 Å². The molecule has 0 aliphatic rings. The van der Waals surface area contributed by atoms with Crippen LogP contribution in [0.25, 0.3) is 0 Å². The van der Waals surface area contributed by atoms with Crippen LogP contribution in [0.3, 0.4) is 0 Å². The van der Waals surface area contributed by atoms with Crippen molar-refractivity contribution in [2.24, 2.45) is 5.73 Å². The summed E-state index contributed by atoms with van der Waals surface area (Å²) in [6, 6.07) is -0.591. The number of amides is 1. The Kier molecular flexibility index (Phi) is 7.57. The molecule has 5 nitrogen and oxygen atoms in total. The van der Waals surface area contributed by atoms with Gasteiger partial charge in [-0.3, -0.25) is 4.79 Å². The lowest BCUT2D eigenvalue weighted by molar-refractivity contribution is -0.123. The van der Waals surface area contributed by atoms with E-state index in [1.807, 2.05) is 6.92 Å². The van der Waals surface area contributed by atoms with Crippen molar-refractivity contribution in [3.8, 4) is 0 Å². The topological polar surface area (TPSA) is 73.6 Å². The molecule has 0 radical (unpaired) electrons. The molecule has 0 aliphatic heterocycles. The molecular formula is C8H18N2O3. The van der Waals surface area contributed by atoms with Crippen LogP contribution in [0.4, 0.5) is 0 Å². The van der Waals surface area contributed by atoms with E-state index in [4.69, 9.17) is 15.2 Å². The van der Waals surface area contributed by atoms with Gasteiger partial charge in [-0.2, -0.15) is 0 Å². The molecule has 0 rings (SSSR count). The van der Waals surface area contributed by atoms with E-state index in [9.17, 15) is 4.79 Å². The number of methoxy groups -OCH3 is 1. The molecule has 1 unspecified atom stereocenters. The summed E-state index contributed by atoms with van der Waals surface area (Å²) >= 11 is 0. The quantitative estimate of drug-likeness (QED) is 0.511. The predicted octanol–water partition coefficient (Wildman–Crippen LogP) is -0.887. The number of carbonyl (C=O) groups excluding carboxylic acids is 1. The van der Waals surface area contributed by atoms with Crippen LogP contribution < -0.4 is 11.1 Å². The fourth-order valence-corrected chi connectivity index (χ4v) is 0.777. The maximum absolute atomic E-state index is 11.1. The first kappa shape index (κ1) is 12.3. The molecule has 0 saturated heterocycles. The first-order chi connectivity index (χ1) is 6.22. The molecule has 78 valence electrons. The summed E-state index contributed by atoms with van der Waals surface area (Å²) in [5.74, 6) is -0.207. The van der Waals surface area contributed by atoms with Gasteiger partial charge in [0.2, 0.25) is 5.91 Å². The Morgan fingerprint density at radius 2 is 2.31 bits per heavy atom. The Morgan fingerprint density at radius 3 is 2.85 bits per heavy atom. The van der Waals surface area contributed by atoms with Crippen molar-refractivity contribution in [2.75, 3.05) is 33.5 Å². The largest absolute Gasteiger partial charge is 0.383 e. The van der Waals surface area contributed by atoms with E-state index >= 15 is 0 Å². The third kappa shape index (κ3) is 6.51. The summed E-state index contributed by atoms with van der Waals surface area (Å²) in [5.41, 5.74) is 5.46. The van der Waals surface area contributed by atoms with Gasteiger partial charge in [-0.1, -0.05) is 0 Å². The SMILES string of the molecule is CCOCCNC(=O)C(N)COC. The van der Waals surface area contributed by atoms with Gasteiger partial charge in [-0.05, 0) is 6.92 Å². The normalized spacial score (nSPS) is 12.5. The van der Waals surface area contributed by atoms with Crippen molar-refractivity contribution < 1.29 is 14.3 Å². The molecule has 0 spiro atoms. The minimum Gasteiger partial charge on any atom is -0.383 e. The molecule has 0 aromatic heterocycles. The maximum atomic E-state index is 11.1. The highest BCUT2D eigenvalue weighted by molar-refractivity contribution is 5.81. The van der Waals surface area contributed by atoms with Crippen molar-refractivity contribution in [1.29, 1.82) is 0 Å². The molecule has 0 aromatic carbocycles. The standard InChI is InChI=1S/C8H18N2O3/c1-3-13-5-4-10-8(11)7(9)6-12-2/h7H,3-6,9H2,1-2H3,(H,10,11). The average Bonchev–Trinajstić information content (AvgIpc) is 2.12. The highest BCUT2D eigenvalue weighted by Crippen LogP contribution is 1.80. The Balaban J connectivity index is 3.38. The number of hydrogen-bond donors (Lipinski definition) is 2. The zero-order chi connectivity index (χ0) is 10.1. The van der Waals surface area contributed by atoms with E-state index in [0.717, 1.165) is 0 Å². The summed E-state index contributed by atoms with van der Waals surface area (Å²) in [5, 5.41) is 2.63. The van der Waals surface area contributed by atoms with E-state index < -0.39 is 6.04 Å². The summed E-state index contributed by atoms with van der Waals surface area (Å²) in [4.78, 5) is 11.1. The second-order valence-electron chi connectivity index (χ2n) is 2.55. The number of rotatable bonds is 7. The molecule has 0 saturated carbocycles. The van der Waals surface area contributed by atoms with Gasteiger partial charge in [0, 0.05) is 20.3 Å². The predicted molar refractivity (Wildman–Crippen MR) is 49.4 cm³/mol. The van der Waals surface area contributed by atoms with Gasteiger partial charge in [0.1, 0.15) is 6.04 Å². The number of nitrogens with two attached hydrogens (primary N) is 1. The van der Waals surface area contributed by atoms with Crippen LogP contribution in [0.1, 0.15) is 6.92 Å². The van der Waals surface area contributed by atoms with Gasteiger partial charge in [-0.15, -0.1) is 0 Å². The van der Waals surface area contributed by atoms with Crippen LogP contribution in [-0.4, -0.2) is 45.4 Å². The minimum atomic E-state index is -0.591. The zero-order valence-corrected chi connectivity index (χ0v) is 8.21. The summed E-state index contributed by atoms with van der Waals surface area (Å²) in [6.45, 7) is 3.80. The molecule has 0 aliphatic carbocycles. The first-order valence-electron chi connectivity index (χ1n) is 4.32. The number of ether oxygens (including phenoxy) is 2. The van der Waals surface area contributed by atoms with E-state index in [1.54, 1.807) is 0 Å². The minimum absolute atomic E-state index is 0.207. The smallest absolute Gasteiger partial charge is 0.239 e. The summed E-state index contributed by atoms with van der Waals surface area (Å²) in [6.07, 6.45) is 0. The van der Waals surface area contributed by atoms with Crippen LogP contribution in [0.15, 0.2) is 0 Å². The molecule has 5 heteroatoms. The maximum Gasteiger partial charge on any atom is 0.239 e. The highest BCUT2D eigenvalue weighted by Gasteiger charge is 2.11. The molecule has 0 bridgehead atoms. The van der Waals surface area contributed by atoms with Crippen molar-refractivity contribution in [3.63, 3.8) is 0 Å². The second-order valence-corrected chi connectivity index (χ2v) is 2.55. The van der Waals surface area contributed by atoms with E-state index in [1.165, 1.54) is 7.11 Å². The van der Waals surface area contributed by atoms with E-state index in [-0.39, 0.29) is 12.5 Å². The Bertz CT molecular complexity index is 141. The Hall–Kier alpha value is -0.650. The lowest BCUT2D eigenvalue weighted by Gasteiger charge is -2.10.